The molecule has 1 fully saturated rings. The Bertz CT molecular complexity index is 1040. The molecule has 0 saturated carbocycles. The molecular weight excluding hydrogens is 435 g/mol. The Kier molecular flexibility index (Phi) is 6.49. The zero-order valence-corrected chi connectivity index (χ0v) is 17.2. The predicted molar refractivity (Wildman–Crippen MR) is 110 cm³/mol. The van der Waals surface area contributed by atoms with E-state index >= 15 is 0 Å². The Hall–Kier alpha value is -3.23. The van der Waals surface area contributed by atoms with Crippen LogP contribution in [0.5, 0.6) is 11.5 Å². The van der Waals surface area contributed by atoms with Crippen molar-refractivity contribution in [3.63, 3.8) is 0 Å². The molecule has 1 aliphatic rings. The normalized spacial score (nSPS) is 14.8. The topological polar surface area (TPSA) is 105 Å². The van der Waals surface area contributed by atoms with E-state index in [9.17, 15) is 14.4 Å². The molecule has 0 atom stereocenters. The third-order valence-electron chi connectivity index (χ3n) is 4.12. The number of urea groups is 1. The molecule has 2 aromatic rings. The van der Waals surface area contributed by atoms with E-state index < -0.39 is 24.5 Å². The molecule has 156 valence electrons. The van der Waals surface area contributed by atoms with Gasteiger partial charge in [-0.25, -0.2) is 9.59 Å². The highest BCUT2D eigenvalue weighted by Gasteiger charge is 2.33. The molecule has 3 amide bonds. The van der Waals surface area contributed by atoms with E-state index in [2.05, 4.69) is 5.32 Å². The van der Waals surface area contributed by atoms with E-state index in [0.29, 0.717) is 10.6 Å². The van der Waals surface area contributed by atoms with Gasteiger partial charge in [-0.3, -0.25) is 9.69 Å². The smallest absolute Gasteiger partial charge is 0.341 e. The molecule has 0 radical (unpaired) electrons. The first-order valence-corrected chi connectivity index (χ1v) is 9.35. The molecule has 1 aliphatic heterocycles. The number of nitrogens with one attached hydrogen (secondary N) is 1. The third-order valence-corrected chi connectivity index (χ3v) is 4.65. The molecule has 2 N–H and O–H groups in total. The predicted octanol–water partition coefficient (Wildman–Crippen LogP) is 3.56. The molecule has 0 aliphatic carbocycles. The first-order chi connectivity index (χ1) is 14.3. The van der Waals surface area contributed by atoms with E-state index in [4.69, 9.17) is 37.8 Å². The van der Waals surface area contributed by atoms with Gasteiger partial charge in [0.25, 0.3) is 5.91 Å². The monoisotopic (exact) mass is 450 g/mol. The summed E-state index contributed by atoms with van der Waals surface area (Å²) < 4.78 is 10.3. The molecule has 0 aromatic heterocycles. The largest absolute Gasteiger partial charge is 0.493 e. The van der Waals surface area contributed by atoms with Gasteiger partial charge in [0, 0.05) is 5.02 Å². The Morgan fingerprint density at radius 1 is 1.20 bits per heavy atom. The number of ether oxygens (including phenoxy) is 2. The fraction of sp³-hybridized carbons (Fsp3) is 0.150. The van der Waals surface area contributed by atoms with Crippen LogP contribution in [0.15, 0.2) is 42.1 Å². The van der Waals surface area contributed by atoms with E-state index in [-0.39, 0.29) is 28.8 Å². The lowest BCUT2D eigenvalue weighted by molar-refractivity contribution is -0.139. The van der Waals surface area contributed by atoms with Crippen LogP contribution < -0.4 is 14.8 Å². The highest BCUT2D eigenvalue weighted by molar-refractivity contribution is 6.32. The van der Waals surface area contributed by atoms with Crippen LogP contribution in [0.25, 0.3) is 6.08 Å². The van der Waals surface area contributed by atoms with Crippen molar-refractivity contribution >= 4 is 47.2 Å². The van der Waals surface area contributed by atoms with Gasteiger partial charge >= 0.3 is 12.0 Å². The van der Waals surface area contributed by atoms with E-state index in [0.717, 1.165) is 10.5 Å². The first kappa shape index (κ1) is 21.5. The van der Waals surface area contributed by atoms with Crippen LogP contribution in [0.1, 0.15) is 11.1 Å². The number of amides is 3. The summed E-state index contributed by atoms with van der Waals surface area (Å²) in [6.45, 7) is -0.504. The van der Waals surface area contributed by atoms with Crippen molar-refractivity contribution in [2.24, 2.45) is 0 Å². The number of hydrogen-bond donors (Lipinski definition) is 2. The number of halogens is 2. The van der Waals surface area contributed by atoms with Crippen molar-refractivity contribution < 1.29 is 29.0 Å². The van der Waals surface area contributed by atoms with Crippen LogP contribution in [0.3, 0.4) is 0 Å². The summed E-state index contributed by atoms with van der Waals surface area (Å²) in [6, 6.07) is 9.23. The summed E-state index contributed by atoms with van der Waals surface area (Å²) in [5.74, 6) is -1.42. The number of aliphatic carboxylic acids is 1. The van der Waals surface area contributed by atoms with Crippen molar-refractivity contribution in [2.75, 3.05) is 13.7 Å². The molecule has 1 heterocycles. The minimum atomic E-state index is -1.17. The van der Waals surface area contributed by atoms with Crippen LogP contribution in [0.4, 0.5) is 4.79 Å². The number of benzene rings is 2. The molecule has 30 heavy (non-hydrogen) atoms. The van der Waals surface area contributed by atoms with Crippen LogP contribution in [0.2, 0.25) is 10.0 Å². The van der Waals surface area contributed by atoms with Gasteiger partial charge in [-0.1, -0.05) is 35.3 Å². The first-order valence-electron chi connectivity index (χ1n) is 8.59. The summed E-state index contributed by atoms with van der Waals surface area (Å²) in [7, 11) is 1.37. The standard InChI is InChI=1S/C20H16Cl2N2O6/c1-29-16-8-12(6-14(22)18(16)30-10-17(25)26)7-15-19(27)24(20(28)23-15)9-11-2-4-13(21)5-3-11/h2-8H,9-10H2,1H3,(H,23,28)(H,25,26). The number of carbonyl (C=O) groups is 3. The van der Waals surface area contributed by atoms with Gasteiger partial charge in [-0.15, -0.1) is 0 Å². The van der Waals surface area contributed by atoms with Crippen LogP contribution >= 0.6 is 23.2 Å². The Morgan fingerprint density at radius 3 is 2.53 bits per heavy atom. The molecular formula is C20H16Cl2N2O6. The molecule has 3 rings (SSSR count). The average Bonchev–Trinajstić information content (AvgIpc) is 2.95. The second-order valence-corrected chi connectivity index (χ2v) is 7.07. The van der Waals surface area contributed by atoms with Gasteiger partial charge in [-0.2, -0.15) is 0 Å². The maximum absolute atomic E-state index is 12.7. The molecule has 0 bridgehead atoms. The lowest BCUT2D eigenvalue weighted by atomic mass is 10.1. The maximum atomic E-state index is 12.7. The minimum Gasteiger partial charge on any atom is -0.493 e. The lowest BCUT2D eigenvalue weighted by Gasteiger charge is -2.12. The lowest BCUT2D eigenvalue weighted by Crippen LogP contribution is -2.30. The number of imide groups is 1. The molecule has 0 spiro atoms. The Balaban J connectivity index is 1.83. The fourth-order valence-corrected chi connectivity index (χ4v) is 3.15. The SMILES string of the molecule is COc1cc(C=C2NC(=O)N(Cc3ccc(Cl)cc3)C2=O)cc(Cl)c1OCC(=O)O. The zero-order valence-electron chi connectivity index (χ0n) is 15.6. The van der Waals surface area contributed by atoms with Gasteiger partial charge < -0.3 is 19.9 Å². The second-order valence-electron chi connectivity index (χ2n) is 6.22. The average molecular weight is 451 g/mol. The van der Waals surface area contributed by atoms with Crippen LogP contribution in [-0.4, -0.2) is 41.6 Å². The van der Waals surface area contributed by atoms with Gasteiger partial charge in [-0.05, 0) is 41.5 Å². The fourth-order valence-electron chi connectivity index (χ4n) is 2.75. The zero-order chi connectivity index (χ0) is 21.8. The van der Waals surface area contributed by atoms with Crippen molar-refractivity contribution in [3.8, 4) is 11.5 Å². The van der Waals surface area contributed by atoms with E-state index in [1.165, 1.54) is 25.3 Å². The van der Waals surface area contributed by atoms with Gasteiger partial charge in [0.15, 0.2) is 18.1 Å². The summed E-state index contributed by atoms with van der Waals surface area (Å²) in [5, 5.41) is 11.9. The third kappa shape index (κ3) is 4.84. The number of methoxy groups -OCH3 is 1. The number of rotatable bonds is 7. The number of hydrogen-bond acceptors (Lipinski definition) is 5. The van der Waals surface area contributed by atoms with Crippen LogP contribution in [-0.2, 0) is 16.1 Å². The Morgan fingerprint density at radius 2 is 1.90 bits per heavy atom. The second kappa shape index (κ2) is 9.06. The number of carbonyl (C=O) groups excluding carboxylic acids is 2. The molecule has 2 aromatic carbocycles. The minimum absolute atomic E-state index is 0.0614. The summed E-state index contributed by atoms with van der Waals surface area (Å²) in [4.78, 5) is 36.7. The molecule has 10 heteroatoms. The highest BCUT2D eigenvalue weighted by atomic mass is 35.5. The Labute approximate surface area is 181 Å². The van der Waals surface area contributed by atoms with Crippen LogP contribution in [0, 0.1) is 0 Å². The van der Waals surface area contributed by atoms with Crippen molar-refractivity contribution in [1.82, 2.24) is 10.2 Å². The van der Waals surface area contributed by atoms with E-state index in [1.54, 1.807) is 24.3 Å². The van der Waals surface area contributed by atoms with Gasteiger partial charge in [0.05, 0.1) is 18.7 Å². The highest BCUT2D eigenvalue weighted by Crippen LogP contribution is 2.37. The van der Waals surface area contributed by atoms with Gasteiger partial charge in [0.1, 0.15) is 5.70 Å². The van der Waals surface area contributed by atoms with E-state index in [1.807, 2.05) is 0 Å². The van der Waals surface area contributed by atoms with Crippen molar-refractivity contribution in [1.29, 1.82) is 0 Å². The quantitative estimate of drug-likeness (QED) is 0.493. The number of carboxylic acid groups (broad SMARTS) is 1. The van der Waals surface area contributed by atoms with Crippen molar-refractivity contribution in [3.05, 3.63) is 63.3 Å². The maximum Gasteiger partial charge on any atom is 0.341 e. The summed E-state index contributed by atoms with van der Waals surface area (Å²) >= 11 is 12.0. The molecule has 8 nitrogen and oxygen atoms in total. The molecule has 0 unspecified atom stereocenters. The summed E-state index contributed by atoms with van der Waals surface area (Å²) in [5.41, 5.74) is 1.26. The van der Waals surface area contributed by atoms with Crippen molar-refractivity contribution in [2.45, 2.75) is 6.54 Å². The molecule has 1 saturated heterocycles. The number of nitrogens with zero attached hydrogens (tertiary/aromatic N) is 1. The number of carboxylic acids is 1. The van der Waals surface area contributed by atoms with Gasteiger partial charge in [0.2, 0.25) is 0 Å². The summed E-state index contributed by atoms with van der Waals surface area (Å²) in [6.07, 6.45) is 1.44.